The van der Waals surface area contributed by atoms with Crippen LogP contribution in [-0.4, -0.2) is 77.0 Å². The molecule has 0 rings (SSSR count). The third kappa shape index (κ3) is 8.91. The SMILES string of the molecule is [AlH3].[KH].[SiH3][W]. The van der Waals surface area contributed by atoms with Crippen LogP contribution in [0.4, 0.5) is 0 Å². The minimum absolute atomic E-state index is 0. The average Bonchev–Trinajstić information content (AvgIpc) is 1.00. The van der Waals surface area contributed by atoms with Gasteiger partial charge in [-0.2, -0.15) is 0 Å². The van der Waals surface area contributed by atoms with Gasteiger partial charge in [0.1, 0.15) is 0 Å². The Morgan fingerprint density at radius 2 is 1.25 bits per heavy atom. The molecule has 4 heavy (non-hydrogen) atoms. The molecule has 0 aliphatic heterocycles. The first kappa shape index (κ1) is 15.7. The van der Waals surface area contributed by atoms with E-state index in [1.165, 1.54) is 8.21 Å². The number of rotatable bonds is 0. The van der Waals surface area contributed by atoms with Crippen LogP contribution in [-0.2, 0) is 19.1 Å². The molecule has 0 aliphatic rings. The first-order valence-corrected chi connectivity index (χ1v) is 10.0. The third-order valence-corrected chi connectivity index (χ3v) is 0. The summed E-state index contributed by atoms with van der Waals surface area (Å²) in [5, 5.41) is 0. The van der Waals surface area contributed by atoms with Gasteiger partial charge < -0.3 is 0 Å². The van der Waals surface area contributed by atoms with E-state index in [1.54, 1.807) is 19.1 Å². The van der Waals surface area contributed by atoms with Gasteiger partial charge >= 0.3 is 78.7 Å². The van der Waals surface area contributed by atoms with Gasteiger partial charge in [-0.1, -0.05) is 0 Å². The predicted octanol–water partition coefficient (Wildman–Crippen LogP) is -3.02. The van der Waals surface area contributed by atoms with E-state index in [-0.39, 0.29) is 68.7 Å². The van der Waals surface area contributed by atoms with Crippen molar-refractivity contribution in [1.29, 1.82) is 0 Å². The molecular formula is H7AlKSiW. The van der Waals surface area contributed by atoms with E-state index in [0.717, 1.165) is 0 Å². The van der Waals surface area contributed by atoms with Gasteiger partial charge in [0.25, 0.3) is 0 Å². The second kappa shape index (κ2) is 16.5. The van der Waals surface area contributed by atoms with E-state index in [4.69, 9.17) is 0 Å². The Morgan fingerprint density at radius 3 is 1.25 bits per heavy atom. The van der Waals surface area contributed by atoms with Crippen molar-refractivity contribution in [2.75, 3.05) is 0 Å². The molecule has 0 saturated heterocycles. The van der Waals surface area contributed by atoms with Crippen molar-refractivity contribution in [2.45, 2.75) is 0 Å². The first-order valence-electron chi connectivity index (χ1n) is 0.408. The van der Waals surface area contributed by atoms with Crippen molar-refractivity contribution in [3.63, 3.8) is 0 Å². The van der Waals surface area contributed by atoms with E-state index in [9.17, 15) is 0 Å². The fourth-order valence-corrected chi connectivity index (χ4v) is 0. The van der Waals surface area contributed by atoms with Crippen LogP contribution < -0.4 is 0 Å². The molecule has 0 aromatic rings. The Kier molecular flexibility index (Phi) is 65.1. The maximum absolute atomic E-state index is 1.72. The van der Waals surface area contributed by atoms with Crippen LogP contribution >= 0.6 is 0 Å². The number of hydrogen-bond acceptors (Lipinski definition) is 0. The van der Waals surface area contributed by atoms with Crippen LogP contribution in [0.2, 0.25) is 0 Å². The Bertz CT molecular complexity index is 8.00. The van der Waals surface area contributed by atoms with Gasteiger partial charge in [0, 0.05) is 0 Å². The Balaban J connectivity index is -0.00000000500. The number of hydrogen-bond donors (Lipinski definition) is 0. The standard InChI is InChI=1S/Al.K.H3Si.W.4H/h;;1H3;;;;;. The Morgan fingerprint density at radius 1 is 1.25 bits per heavy atom. The van der Waals surface area contributed by atoms with E-state index < -0.39 is 0 Å². The van der Waals surface area contributed by atoms with Gasteiger partial charge in [-0.25, -0.2) is 0 Å². The molecule has 0 heterocycles. The third-order valence-electron chi connectivity index (χ3n) is 0. The van der Waals surface area contributed by atoms with Crippen molar-refractivity contribution in [3.05, 3.63) is 0 Å². The molecule has 0 fully saturated rings. The summed E-state index contributed by atoms with van der Waals surface area (Å²) in [5.74, 6) is 0. The van der Waals surface area contributed by atoms with Gasteiger partial charge in [-0.3, -0.25) is 0 Å². The Hall–Kier alpha value is 3.07. The van der Waals surface area contributed by atoms with Crippen LogP contribution in [0.15, 0.2) is 0 Å². The van der Waals surface area contributed by atoms with Crippen molar-refractivity contribution in [2.24, 2.45) is 0 Å². The molecule has 21 valence electrons. The average molecular weight is 285 g/mol. The van der Waals surface area contributed by atoms with E-state index in [2.05, 4.69) is 0 Å². The summed E-state index contributed by atoms with van der Waals surface area (Å²) in [7, 11) is 1.39. The summed E-state index contributed by atoms with van der Waals surface area (Å²) >= 11 is 1.72. The van der Waals surface area contributed by atoms with Gasteiger partial charge in [0.15, 0.2) is 17.4 Å². The molecular weight excluding hydrogens is 278 g/mol. The summed E-state index contributed by atoms with van der Waals surface area (Å²) in [6, 6.07) is 0. The molecule has 0 amide bonds. The molecule has 0 N–H and O–H groups in total. The van der Waals surface area contributed by atoms with Crippen molar-refractivity contribution in [1.82, 2.24) is 0 Å². The zero-order valence-electron chi connectivity index (χ0n) is 1.41. The fourth-order valence-electron chi connectivity index (χ4n) is 0. The summed E-state index contributed by atoms with van der Waals surface area (Å²) < 4.78 is 0. The summed E-state index contributed by atoms with van der Waals surface area (Å²) in [6.45, 7) is 0. The van der Waals surface area contributed by atoms with Crippen LogP contribution in [0.3, 0.4) is 0 Å². The minimum atomic E-state index is 0. The summed E-state index contributed by atoms with van der Waals surface area (Å²) in [5.41, 5.74) is 0. The van der Waals surface area contributed by atoms with Gasteiger partial charge in [0.05, 0.1) is 0 Å². The van der Waals surface area contributed by atoms with Crippen LogP contribution in [0.25, 0.3) is 0 Å². The summed E-state index contributed by atoms with van der Waals surface area (Å²) in [4.78, 5) is 0. The zero-order chi connectivity index (χ0) is 2.00. The molecule has 0 bridgehead atoms. The normalized spacial score (nSPS) is 2.00. The molecule has 0 aliphatic carbocycles. The van der Waals surface area contributed by atoms with Gasteiger partial charge in [0.2, 0.25) is 0 Å². The fraction of sp³-hybridized carbons (Fsp3) is 0. The van der Waals surface area contributed by atoms with E-state index in [1.807, 2.05) is 0 Å². The van der Waals surface area contributed by atoms with Crippen molar-refractivity contribution in [3.8, 4) is 0 Å². The van der Waals surface area contributed by atoms with E-state index >= 15 is 0 Å². The van der Waals surface area contributed by atoms with Crippen LogP contribution in [0.5, 0.6) is 0 Å². The van der Waals surface area contributed by atoms with Gasteiger partial charge in [-0.05, 0) is 0 Å². The van der Waals surface area contributed by atoms with Gasteiger partial charge in [-0.15, -0.1) is 0 Å². The molecule has 0 unspecified atom stereocenters. The maximum atomic E-state index is 1.72. The summed E-state index contributed by atoms with van der Waals surface area (Å²) in [6.07, 6.45) is 0. The first-order chi connectivity index (χ1) is 1.00. The molecule has 4 heteroatoms. The molecule has 0 saturated carbocycles. The molecule has 0 aromatic heterocycles. The second-order valence-electron chi connectivity index (χ2n) is 0. The Labute approximate surface area is 93.6 Å². The van der Waals surface area contributed by atoms with Crippen LogP contribution in [0, 0.1) is 0 Å². The molecule has 0 spiro atoms. The second-order valence-corrected chi connectivity index (χ2v) is 0. The zero-order valence-corrected chi connectivity index (χ0v) is 6.34. The molecule has 0 nitrogen and oxygen atoms in total. The molecule has 0 radical (unpaired) electrons. The van der Waals surface area contributed by atoms with E-state index in [0.29, 0.717) is 0 Å². The predicted molar refractivity (Wildman–Crippen MR) is 27.0 cm³/mol. The van der Waals surface area contributed by atoms with Crippen molar-refractivity contribution >= 4 is 77.0 Å². The topological polar surface area (TPSA) is 0 Å². The molecule has 0 atom stereocenters. The van der Waals surface area contributed by atoms with Crippen molar-refractivity contribution < 1.29 is 19.1 Å². The van der Waals surface area contributed by atoms with Crippen LogP contribution in [0.1, 0.15) is 0 Å². The monoisotopic (exact) mass is 285 g/mol. The quantitative estimate of drug-likeness (QED) is 0.416. The molecule has 0 aromatic carbocycles.